The van der Waals surface area contributed by atoms with Crippen LogP contribution in [0.3, 0.4) is 0 Å². The van der Waals surface area contributed by atoms with E-state index < -0.39 is 11.2 Å². The number of ether oxygens (including phenoxy) is 1. The number of fused-ring (bicyclic) bond motifs is 1. The molecular formula is C22H22O5. The predicted molar refractivity (Wildman–Crippen MR) is 106 cm³/mol. The van der Waals surface area contributed by atoms with Gasteiger partial charge in [-0.15, -0.1) is 0 Å². The van der Waals surface area contributed by atoms with Crippen molar-refractivity contribution in [3.63, 3.8) is 0 Å². The van der Waals surface area contributed by atoms with Crippen molar-refractivity contribution in [3.05, 3.63) is 63.3 Å². The van der Waals surface area contributed by atoms with Gasteiger partial charge in [-0.05, 0) is 63.1 Å². The lowest BCUT2D eigenvalue weighted by Gasteiger charge is -2.12. The SMILES string of the molecule is COc1ccc(-c2oc3c(CC=C(C)C)c(C)cc(O)c3c(=O)c2O)cc1. The summed E-state index contributed by atoms with van der Waals surface area (Å²) in [6, 6.07) is 8.37. The summed E-state index contributed by atoms with van der Waals surface area (Å²) in [7, 11) is 1.56. The van der Waals surface area contributed by atoms with Crippen molar-refractivity contribution in [1.82, 2.24) is 0 Å². The van der Waals surface area contributed by atoms with Crippen LogP contribution in [0, 0.1) is 6.92 Å². The van der Waals surface area contributed by atoms with E-state index in [0.717, 1.165) is 16.7 Å². The maximum atomic E-state index is 12.8. The largest absolute Gasteiger partial charge is 0.507 e. The first-order chi connectivity index (χ1) is 12.8. The monoisotopic (exact) mass is 366 g/mol. The van der Waals surface area contributed by atoms with Gasteiger partial charge >= 0.3 is 0 Å². The van der Waals surface area contributed by atoms with Crippen LogP contribution in [0.5, 0.6) is 17.2 Å². The summed E-state index contributed by atoms with van der Waals surface area (Å²) in [5.41, 5.74) is 2.92. The van der Waals surface area contributed by atoms with Gasteiger partial charge in [0.1, 0.15) is 22.5 Å². The van der Waals surface area contributed by atoms with E-state index in [9.17, 15) is 15.0 Å². The minimum Gasteiger partial charge on any atom is -0.507 e. The highest BCUT2D eigenvalue weighted by Gasteiger charge is 2.21. The number of phenols is 1. The van der Waals surface area contributed by atoms with Crippen LogP contribution in [-0.4, -0.2) is 17.3 Å². The van der Waals surface area contributed by atoms with Crippen LogP contribution in [0.25, 0.3) is 22.3 Å². The van der Waals surface area contributed by atoms with E-state index in [1.165, 1.54) is 6.07 Å². The van der Waals surface area contributed by atoms with Crippen molar-refractivity contribution in [2.75, 3.05) is 7.11 Å². The smallest absolute Gasteiger partial charge is 0.238 e. The van der Waals surface area contributed by atoms with Crippen molar-refractivity contribution in [2.24, 2.45) is 0 Å². The van der Waals surface area contributed by atoms with E-state index in [4.69, 9.17) is 9.15 Å². The van der Waals surface area contributed by atoms with E-state index in [2.05, 4.69) is 0 Å². The quantitative estimate of drug-likeness (QED) is 0.655. The molecule has 0 saturated heterocycles. The van der Waals surface area contributed by atoms with Gasteiger partial charge in [-0.1, -0.05) is 11.6 Å². The molecule has 5 heteroatoms. The van der Waals surface area contributed by atoms with Gasteiger partial charge in [-0.2, -0.15) is 0 Å². The number of phenolic OH excluding ortho intramolecular Hbond substituents is 1. The summed E-state index contributed by atoms with van der Waals surface area (Å²) in [5, 5.41) is 20.7. The van der Waals surface area contributed by atoms with Gasteiger partial charge in [0.15, 0.2) is 5.76 Å². The molecule has 0 aliphatic heterocycles. The molecule has 27 heavy (non-hydrogen) atoms. The summed E-state index contributed by atoms with van der Waals surface area (Å²) in [6.07, 6.45) is 2.58. The van der Waals surface area contributed by atoms with Gasteiger partial charge in [0.25, 0.3) is 0 Å². The van der Waals surface area contributed by atoms with Crippen LogP contribution < -0.4 is 10.2 Å². The van der Waals surface area contributed by atoms with Gasteiger partial charge in [-0.3, -0.25) is 4.79 Å². The van der Waals surface area contributed by atoms with Crippen molar-refractivity contribution in [1.29, 1.82) is 0 Å². The van der Waals surface area contributed by atoms with E-state index in [1.807, 2.05) is 26.8 Å². The number of rotatable bonds is 4. The summed E-state index contributed by atoms with van der Waals surface area (Å²) in [5.74, 6) is -0.00789. The molecule has 1 aromatic heterocycles. The van der Waals surface area contributed by atoms with Gasteiger partial charge in [0.2, 0.25) is 11.2 Å². The Morgan fingerprint density at radius 1 is 1.19 bits per heavy atom. The third-order valence-electron chi connectivity index (χ3n) is 4.51. The Bertz CT molecular complexity index is 1080. The summed E-state index contributed by atoms with van der Waals surface area (Å²) in [6.45, 7) is 5.83. The predicted octanol–water partition coefficient (Wildman–Crippen LogP) is 4.70. The minimum absolute atomic E-state index is 0.00693. The highest BCUT2D eigenvalue weighted by atomic mass is 16.5. The van der Waals surface area contributed by atoms with Crippen molar-refractivity contribution in [3.8, 4) is 28.6 Å². The minimum atomic E-state index is -0.655. The summed E-state index contributed by atoms with van der Waals surface area (Å²) >= 11 is 0. The van der Waals surface area contributed by atoms with Gasteiger partial charge < -0.3 is 19.4 Å². The van der Waals surface area contributed by atoms with Crippen molar-refractivity contribution < 1.29 is 19.4 Å². The van der Waals surface area contributed by atoms with Crippen LogP contribution in [0.1, 0.15) is 25.0 Å². The Hall–Kier alpha value is -3.21. The highest BCUT2D eigenvalue weighted by Crippen LogP contribution is 2.36. The normalized spacial score (nSPS) is 10.8. The first-order valence-electron chi connectivity index (χ1n) is 8.62. The second-order valence-electron chi connectivity index (χ2n) is 6.72. The molecule has 1 heterocycles. The number of aryl methyl sites for hydroxylation is 1. The van der Waals surface area contributed by atoms with Crippen LogP contribution in [0.15, 0.2) is 51.2 Å². The van der Waals surface area contributed by atoms with Gasteiger partial charge in [0.05, 0.1) is 7.11 Å². The molecule has 0 aliphatic rings. The molecule has 0 radical (unpaired) electrons. The molecular weight excluding hydrogens is 344 g/mol. The number of benzene rings is 2. The number of aromatic hydroxyl groups is 2. The molecule has 0 unspecified atom stereocenters. The average Bonchev–Trinajstić information content (AvgIpc) is 2.63. The molecule has 3 rings (SSSR count). The summed E-state index contributed by atoms with van der Waals surface area (Å²) < 4.78 is 11.1. The Balaban J connectivity index is 2.33. The Morgan fingerprint density at radius 3 is 2.44 bits per heavy atom. The molecule has 2 N–H and O–H groups in total. The first kappa shape index (κ1) is 18.6. The molecule has 0 saturated carbocycles. The fourth-order valence-electron chi connectivity index (χ4n) is 3.01. The van der Waals surface area contributed by atoms with E-state index in [0.29, 0.717) is 23.3 Å². The van der Waals surface area contributed by atoms with Crippen LogP contribution in [0.2, 0.25) is 0 Å². The van der Waals surface area contributed by atoms with E-state index in [1.54, 1.807) is 31.4 Å². The highest BCUT2D eigenvalue weighted by molar-refractivity contribution is 5.90. The Labute approximate surface area is 157 Å². The van der Waals surface area contributed by atoms with Crippen molar-refractivity contribution in [2.45, 2.75) is 27.2 Å². The Morgan fingerprint density at radius 2 is 1.85 bits per heavy atom. The fraction of sp³-hybridized carbons (Fsp3) is 0.227. The number of allylic oxidation sites excluding steroid dienone is 2. The molecule has 0 atom stereocenters. The molecule has 0 fully saturated rings. The third kappa shape index (κ3) is 3.40. The molecule has 0 amide bonds. The average molecular weight is 366 g/mol. The maximum Gasteiger partial charge on any atom is 0.238 e. The lowest BCUT2D eigenvalue weighted by atomic mass is 9.99. The lowest BCUT2D eigenvalue weighted by Crippen LogP contribution is -2.05. The molecule has 0 spiro atoms. The fourth-order valence-corrected chi connectivity index (χ4v) is 3.01. The number of methoxy groups -OCH3 is 1. The number of hydrogen-bond donors (Lipinski definition) is 2. The lowest BCUT2D eigenvalue weighted by molar-refractivity contribution is 0.414. The molecule has 3 aromatic rings. The maximum absolute atomic E-state index is 12.8. The topological polar surface area (TPSA) is 79.9 Å². The number of hydrogen-bond acceptors (Lipinski definition) is 5. The van der Waals surface area contributed by atoms with E-state index >= 15 is 0 Å². The van der Waals surface area contributed by atoms with Crippen molar-refractivity contribution >= 4 is 11.0 Å². The first-order valence-corrected chi connectivity index (χ1v) is 8.62. The summed E-state index contributed by atoms with van der Waals surface area (Å²) in [4.78, 5) is 12.8. The zero-order valence-corrected chi connectivity index (χ0v) is 15.8. The van der Waals surface area contributed by atoms with Crippen LogP contribution >= 0.6 is 0 Å². The zero-order valence-electron chi connectivity index (χ0n) is 15.8. The van der Waals surface area contributed by atoms with Gasteiger partial charge in [0, 0.05) is 11.1 Å². The standard InChI is InChI=1S/C22H22O5/c1-12(2)5-10-16-13(3)11-17(23)18-19(24)20(25)21(27-22(16)18)14-6-8-15(26-4)9-7-14/h5-9,11,23,25H,10H2,1-4H3. The Kier molecular flexibility index (Phi) is 4.95. The third-order valence-corrected chi connectivity index (χ3v) is 4.51. The molecule has 5 nitrogen and oxygen atoms in total. The van der Waals surface area contributed by atoms with Crippen LogP contribution in [0.4, 0.5) is 0 Å². The second kappa shape index (κ2) is 7.19. The zero-order chi connectivity index (χ0) is 19.7. The molecule has 140 valence electrons. The second-order valence-corrected chi connectivity index (χ2v) is 6.72. The molecule has 0 aliphatic carbocycles. The van der Waals surface area contributed by atoms with Crippen LogP contribution in [-0.2, 0) is 6.42 Å². The molecule has 0 bridgehead atoms. The van der Waals surface area contributed by atoms with Gasteiger partial charge in [-0.25, -0.2) is 0 Å². The van der Waals surface area contributed by atoms with E-state index in [-0.39, 0.29) is 16.9 Å². The molecule has 2 aromatic carbocycles.